The highest BCUT2D eigenvalue weighted by Gasteiger charge is 2.30. The van der Waals surface area contributed by atoms with Crippen LogP contribution in [0, 0.1) is 0 Å². The van der Waals surface area contributed by atoms with Crippen LogP contribution in [-0.2, 0) is 6.18 Å². The van der Waals surface area contributed by atoms with E-state index >= 15 is 0 Å². The Morgan fingerprint density at radius 3 is 2.50 bits per heavy atom. The van der Waals surface area contributed by atoms with Gasteiger partial charge in [-0.05, 0) is 18.2 Å². The molecule has 0 atom stereocenters. The van der Waals surface area contributed by atoms with Crippen molar-refractivity contribution in [1.29, 1.82) is 0 Å². The number of benzene rings is 1. The number of halogens is 4. The highest BCUT2D eigenvalue weighted by molar-refractivity contribution is 6.33. The molecule has 0 aliphatic heterocycles. The van der Waals surface area contributed by atoms with Crippen molar-refractivity contribution in [2.75, 3.05) is 5.73 Å². The normalized spacial score (nSPS) is 11.6. The second-order valence-electron chi connectivity index (χ2n) is 3.68. The Hall–Kier alpha value is -1.75. The van der Waals surface area contributed by atoms with Crippen LogP contribution in [0.2, 0.25) is 5.02 Å². The van der Waals surface area contributed by atoms with Gasteiger partial charge in [0, 0.05) is 5.56 Å². The van der Waals surface area contributed by atoms with Crippen LogP contribution in [0.1, 0.15) is 5.56 Å². The molecule has 0 aliphatic rings. The molecule has 1 heterocycles. The Labute approximate surface area is 106 Å². The van der Waals surface area contributed by atoms with Crippen LogP contribution in [-0.4, -0.2) is 4.98 Å². The van der Waals surface area contributed by atoms with Gasteiger partial charge in [0.05, 0.1) is 28.2 Å². The third kappa shape index (κ3) is 2.56. The number of nitrogens with zero attached hydrogens (tertiary/aromatic N) is 1. The average Bonchev–Trinajstić information content (AvgIpc) is 2.28. The van der Waals surface area contributed by atoms with Crippen LogP contribution in [0.5, 0.6) is 0 Å². The standard InChI is InChI=1S/C12H8ClF3N2/c13-10-5-9(17)6-18-11(10)7-2-1-3-8(4-7)12(14,15)16/h1-6H,17H2. The van der Waals surface area contributed by atoms with Gasteiger partial charge in [0.15, 0.2) is 0 Å². The Bertz CT molecular complexity index is 582. The minimum atomic E-state index is -4.39. The summed E-state index contributed by atoms with van der Waals surface area (Å²) < 4.78 is 37.7. The van der Waals surface area contributed by atoms with Crippen molar-refractivity contribution in [3.05, 3.63) is 47.1 Å². The van der Waals surface area contributed by atoms with Crippen molar-refractivity contribution in [2.45, 2.75) is 6.18 Å². The lowest BCUT2D eigenvalue weighted by Crippen LogP contribution is -2.04. The summed E-state index contributed by atoms with van der Waals surface area (Å²) in [4.78, 5) is 3.95. The minimum Gasteiger partial charge on any atom is -0.397 e. The topological polar surface area (TPSA) is 38.9 Å². The molecule has 2 N–H and O–H groups in total. The van der Waals surface area contributed by atoms with E-state index in [2.05, 4.69) is 4.98 Å². The number of nitrogens with two attached hydrogens (primary N) is 1. The highest BCUT2D eigenvalue weighted by atomic mass is 35.5. The van der Waals surface area contributed by atoms with Crippen LogP contribution in [0.25, 0.3) is 11.3 Å². The minimum absolute atomic E-state index is 0.217. The first-order valence-corrected chi connectivity index (χ1v) is 5.34. The largest absolute Gasteiger partial charge is 0.416 e. The summed E-state index contributed by atoms with van der Waals surface area (Å²) in [6.07, 6.45) is -3.04. The molecule has 0 saturated carbocycles. The van der Waals surface area contributed by atoms with Crippen molar-refractivity contribution in [2.24, 2.45) is 0 Å². The smallest absolute Gasteiger partial charge is 0.397 e. The van der Waals surface area contributed by atoms with Gasteiger partial charge in [0.2, 0.25) is 0 Å². The number of rotatable bonds is 1. The van der Waals surface area contributed by atoms with Crippen LogP contribution in [0.3, 0.4) is 0 Å². The third-order valence-corrected chi connectivity index (χ3v) is 2.61. The maximum atomic E-state index is 12.6. The van der Waals surface area contributed by atoms with Gasteiger partial charge in [-0.1, -0.05) is 23.7 Å². The number of alkyl halides is 3. The molecule has 0 amide bonds. The summed E-state index contributed by atoms with van der Waals surface area (Å²) >= 11 is 5.91. The lowest BCUT2D eigenvalue weighted by atomic mass is 10.1. The van der Waals surface area contributed by atoms with Gasteiger partial charge in [-0.25, -0.2) is 0 Å². The molecule has 0 saturated heterocycles. The molecule has 0 radical (unpaired) electrons. The molecule has 0 unspecified atom stereocenters. The van der Waals surface area contributed by atoms with Gasteiger partial charge in [-0.15, -0.1) is 0 Å². The fourth-order valence-corrected chi connectivity index (χ4v) is 1.79. The van der Waals surface area contributed by atoms with E-state index in [1.165, 1.54) is 24.4 Å². The van der Waals surface area contributed by atoms with Crippen molar-refractivity contribution < 1.29 is 13.2 Å². The quantitative estimate of drug-likeness (QED) is 0.852. The summed E-state index contributed by atoms with van der Waals surface area (Å²) in [6.45, 7) is 0. The molecule has 2 nitrogen and oxygen atoms in total. The Kier molecular flexibility index (Phi) is 3.17. The Balaban J connectivity index is 2.51. The zero-order chi connectivity index (χ0) is 13.3. The molecule has 94 valence electrons. The van der Waals surface area contributed by atoms with Gasteiger partial charge in [-0.2, -0.15) is 13.2 Å². The number of nitrogen functional groups attached to an aromatic ring is 1. The monoisotopic (exact) mass is 272 g/mol. The zero-order valence-electron chi connectivity index (χ0n) is 9.00. The molecule has 0 aliphatic carbocycles. The van der Waals surface area contributed by atoms with Crippen LogP contribution in [0.15, 0.2) is 36.5 Å². The maximum Gasteiger partial charge on any atom is 0.416 e. The second-order valence-corrected chi connectivity index (χ2v) is 4.08. The highest BCUT2D eigenvalue weighted by Crippen LogP contribution is 2.33. The first-order chi connectivity index (χ1) is 8.38. The molecule has 0 spiro atoms. The number of aromatic nitrogens is 1. The summed E-state index contributed by atoms with van der Waals surface area (Å²) in [5.74, 6) is 0. The SMILES string of the molecule is Nc1cnc(-c2cccc(C(F)(F)F)c2)c(Cl)c1. The van der Waals surface area contributed by atoms with Crippen molar-refractivity contribution in [3.8, 4) is 11.3 Å². The summed E-state index contributed by atoms with van der Waals surface area (Å²) in [5, 5.41) is 0.217. The number of hydrogen-bond donors (Lipinski definition) is 1. The van der Waals surface area contributed by atoms with E-state index in [1.807, 2.05) is 0 Å². The van der Waals surface area contributed by atoms with Crippen LogP contribution in [0.4, 0.5) is 18.9 Å². The first kappa shape index (κ1) is 12.7. The van der Waals surface area contributed by atoms with E-state index in [-0.39, 0.29) is 10.7 Å². The van der Waals surface area contributed by atoms with Gasteiger partial charge in [0.25, 0.3) is 0 Å². The number of pyridine rings is 1. The molecule has 2 aromatic rings. The average molecular weight is 273 g/mol. The zero-order valence-corrected chi connectivity index (χ0v) is 9.76. The third-order valence-electron chi connectivity index (χ3n) is 2.33. The molecule has 0 bridgehead atoms. The molecule has 18 heavy (non-hydrogen) atoms. The number of anilines is 1. The van der Waals surface area contributed by atoms with Crippen molar-refractivity contribution >= 4 is 17.3 Å². The van der Waals surface area contributed by atoms with Gasteiger partial charge >= 0.3 is 6.18 Å². The lowest BCUT2D eigenvalue weighted by Gasteiger charge is -2.09. The van der Waals surface area contributed by atoms with Crippen molar-refractivity contribution in [1.82, 2.24) is 4.98 Å². The van der Waals surface area contributed by atoms with Crippen molar-refractivity contribution in [3.63, 3.8) is 0 Å². The molecule has 2 rings (SSSR count). The van der Waals surface area contributed by atoms with Crippen LogP contribution < -0.4 is 5.73 Å². The van der Waals surface area contributed by atoms with Gasteiger partial charge in [-0.3, -0.25) is 4.98 Å². The Morgan fingerprint density at radius 2 is 1.89 bits per heavy atom. The molecule has 0 fully saturated rings. The van der Waals surface area contributed by atoms with Crippen LogP contribution >= 0.6 is 11.6 Å². The predicted octanol–water partition coefficient (Wildman–Crippen LogP) is 4.00. The second kappa shape index (κ2) is 4.49. The summed E-state index contributed by atoms with van der Waals surface area (Å²) in [7, 11) is 0. The first-order valence-electron chi connectivity index (χ1n) is 4.96. The summed E-state index contributed by atoms with van der Waals surface area (Å²) in [5.41, 5.74) is 5.67. The molecule has 6 heteroatoms. The predicted molar refractivity (Wildman–Crippen MR) is 64.1 cm³/mol. The van der Waals surface area contributed by atoms with E-state index in [4.69, 9.17) is 17.3 Å². The molecular formula is C12H8ClF3N2. The lowest BCUT2D eigenvalue weighted by molar-refractivity contribution is -0.137. The van der Waals surface area contributed by atoms with E-state index in [0.29, 0.717) is 11.3 Å². The fraction of sp³-hybridized carbons (Fsp3) is 0.0833. The number of hydrogen-bond acceptors (Lipinski definition) is 2. The maximum absolute atomic E-state index is 12.6. The summed E-state index contributed by atoms with van der Waals surface area (Å²) in [6, 6.07) is 6.27. The molecular weight excluding hydrogens is 265 g/mol. The van der Waals surface area contributed by atoms with E-state index in [9.17, 15) is 13.2 Å². The fourth-order valence-electron chi connectivity index (χ4n) is 1.51. The van der Waals surface area contributed by atoms with Gasteiger partial charge in [0.1, 0.15) is 0 Å². The molecule has 1 aromatic carbocycles. The van der Waals surface area contributed by atoms with Gasteiger partial charge < -0.3 is 5.73 Å². The van der Waals surface area contributed by atoms with E-state index in [0.717, 1.165) is 12.1 Å². The van der Waals surface area contributed by atoms with E-state index < -0.39 is 11.7 Å². The Morgan fingerprint density at radius 1 is 1.17 bits per heavy atom. The van der Waals surface area contributed by atoms with E-state index in [1.54, 1.807) is 0 Å². The molecule has 1 aromatic heterocycles.